The molecule has 2 aromatic heterocycles. The van der Waals surface area contributed by atoms with E-state index in [-0.39, 0.29) is 18.9 Å². The van der Waals surface area contributed by atoms with Crippen LogP contribution in [0.15, 0.2) is 24.3 Å². The summed E-state index contributed by atoms with van der Waals surface area (Å²) in [4.78, 5) is 16.7. The van der Waals surface area contributed by atoms with Crippen molar-refractivity contribution in [3.05, 3.63) is 41.2 Å². The highest BCUT2D eigenvalue weighted by atomic mass is 32.1. The normalized spacial score (nSPS) is 11.0. The van der Waals surface area contributed by atoms with Gasteiger partial charge in [0.05, 0.1) is 13.2 Å². The number of benzene rings is 1. The van der Waals surface area contributed by atoms with Gasteiger partial charge < -0.3 is 9.84 Å². The largest absolute Gasteiger partial charge is 0.461 e. The summed E-state index contributed by atoms with van der Waals surface area (Å²) in [5.74, 6) is -0.540. The highest BCUT2D eigenvalue weighted by Crippen LogP contribution is 2.28. The smallest absolute Gasteiger partial charge is 0.359 e. The molecule has 0 saturated carbocycles. The van der Waals surface area contributed by atoms with Gasteiger partial charge in [-0.15, -0.1) is 0 Å². The quantitative estimate of drug-likeness (QED) is 0.748. The molecule has 0 atom stereocenters. The van der Waals surface area contributed by atoms with Crippen molar-refractivity contribution in [2.24, 2.45) is 0 Å². The summed E-state index contributed by atoms with van der Waals surface area (Å²) in [5, 5.41) is 14.8. The molecular weight excluding hydrogens is 302 g/mol. The van der Waals surface area contributed by atoms with Gasteiger partial charge in [0.2, 0.25) is 4.96 Å². The van der Waals surface area contributed by atoms with Gasteiger partial charge in [-0.3, -0.25) is 0 Å². The molecule has 0 saturated heterocycles. The van der Waals surface area contributed by atoms with Gasteiger partial charge in [0.15, 0.2) is 5.69 Å². The SMILES string of the molecule is CCOC(=O)c1nc2sc(-c3cccc(C)c3)nn2c1CO. The van der Waals surface area contributed by atoms with Crippen LogP contribution in [0.2, 0.25) is 0 Å². The van der Waals surface area contributed by atoms with Crippen molar-refractivity contribution in [3.63, 3.8) is 0 Å². The fourth-order valence-electron chi connectivity index (χ4n) is 2.19. The van der Waals surface area contributed by atoms with Gasteiger partial charge in [0, 0.05) is 5.56 Å². The molecule has 22 heavy (non-hydrogen) atoms. The van der Waals surface area contributed by atoms with Crippen molar-refractivity contribution < 1.29 is 14.6 Å². The number of imidazole rings is 1. The van der Waals surface area contributed by atoms with E-state index in [0.29, 0.717) is 10.7 Å². The molecule has 3 aromatic rings. The third-order valence-electron chi connectivity index (χ3n) is 3.18. The summed E-state index contributed by atoms with van der Waals surface area (Å²) in [6.07, 6.45) is 0. The van der Waals surface area contributed by atoms with Gasteiger partial charge in [-0.05, 0) is 19.9 Å². The van der Waals surface area contributed by atoms with E-state index < -0.39 is 5.97 Å². The first-order chi connectivity index (χ1) is 10.6. The number of esters is 1. The molecule has 0 bridgehead atoms. The summed E-state index contributed by atoms with van der Waals surface area (Å²) in [6, 6.07) is 7.98. The number of carbonyl (C=O) groups excluding carboxylic acids is 1. The Kier molecular flexibility index (Phi) is 3.91. The number of hydrogen-bond acceptors (Lipinski definition) is 6. The van der Waals surface area contributed by atoms with Crippen molar-refractivity contribution in [2.75, 3.05) is 6.61 Å². The molecular formula is C15H15N3O3S. The van der Waals surface area contributed by atoms with Gasteiger partial charge in [0.25, 0.3) is 0 Å². The fourth-order valence-corrected chi connectivity index (χ4v) is 3.10. The zero-order valence-electron chi connectivity index (χ0n) is 12.2. The van der Waals surface area contributed by atoms with Gasteiger partial charge in [0.1, 0.15) is 10.7 Å². The van der Waals surface area contributed by atoms with Gasteiger partial charge >= 0.3 is 5.97 Å². The van der Waals surface area contributed by atoms with E-state index in [1.165, 1.54) is 15.9 Å². The third-order valence-corrected chi connectivity index (χ3v) is 4.14. The van der Waals surface area contributed by atoms with E-state index in [4.69, 9.17) is 4.74 Å². The molecule has 114 valence electrons. The zero-order valence-corrected chi connectivity index (χ0v) is 13.1. The predicted octanol–water partition coefficient (Wildman–Crippen LogP) is 2.44. The van der Waals surface area contributed by atoms with Crippen molar-refractivity contribution in [1.82, 2.24) is 14.6 Å². The number of carbonyl (C=O) groups is 1. The van der Waals surface area contributed by atoms with E-state index in [9.17, 15) is 9.90 Å². The molecule has 0 fully saturated rings. The number of aryl methyl sites for hydroxylation is 1. The number of hydrogen-bond donors (Lipinski definition) is 1. The molecule has 0 radical (unpaired) electrons. The van der Waals surface area contributed by atoms with E-state index in [1.54, 1.807) is 6.92 Å². The lowest BCUT2D eigenvalue weighted by molar-refractivity contribution is 0.0516. The minimum atomic E-state index is -0.540. The summed E-state index contributed by atoms with van der Waals surface area (Å²) >= 11 is 1.37. The predicted molar refractivity (Wildman–Crippen MR) is 82.9 cm³/mol. The van der Waals surface area contributed by atoms with Crippen LogP contribution in [0.25, 0.3) is 15.5 Å². The molecule has 1 aromatic carbocycles. The van der Waals surface area contributed by atoms with Crippen molar-refractivity contribution in [3.8, 4) is 10.6 Å². The maximum absolute atomic E-state index is 11.9. The zero-order chi connectivity index (χ0) is 15.7. The lowest BCUT2D eigenvalue weighted by Crippen LogP contribution is -2.09. The number of nitrogens with zero attached hydrogens (tertiary/aromatic N) is 3. The van der Waals surface area contributed by atoms with E-state index in [2.05, 4.69) is 10.1 Å². The van der Waals surface area contributed by atoms with Crippen molar-refractivity contribution in [1.29, 1.82) is 0 Å². The molecule has 2 heterocycles. The van der Waals surface area contributed by atoms with Crippen LogP contribution in [-0.2, 0) is 11.3 Å². The highest BCUT2D eigenvalue weighted by Gasteiger charge is 2.22. The van der Waals surface area contributed by atoms with Crippen molar-refractivity contribution in [2.45, 2.75) is 20.5 Å². The number of ether oxygens (including phenoxy) is 1. The van der Waals surface area contributed by atoms with Gasteiger partial charge in [-0.1, -0.05) is 35.1 Å². The van der Waals surface area contributed by atoms with Crippen LogP contribution >= 0.6 is 11.3 Å². The Bertz CT molecular complexity index is 838. The Morgan fingerprint density at radius 2 is 2.27 bits per heavy atom. The summed E-state index contributed by atoms with van der Waals surface area (Å²) < 4.78 is 6.46. The van der Waals surface area contributed by atoms with Crippen LogP contribution in [-0.4, -0.2) is 32.3 Å². The van der Waals surface area contributed by atoms with Crippen LogP contribution in [0, 0.1) is 6.92 Å². The highest BCUT2D eigenvalue weighted by molar-refractivity contribution is 7.19. The second-order valence-electron chi connectivity index (χ2n) is 4.76. The number of rotatable bonds is 4. The molecule has 1 N–H and O–H groups in total. The average molecular weight is 317 g/mol. The maximum Gasteiger partial charge on any atom is 0.359 e. The van der Waals surface area contributed by atoms with Crippen molar-refractivity contribution >= 4 is 22.3 Å². The first kappa shape index (κ1) is 14.7. The third kappa shape index (κ3) is 2.49. The van der Waals surface area contributed by atoms with E-state index >= 15 is 0 Å². The van der Waals surface area contributed by atoms with E-state index in [1.807, 2.05) is 31.2 Å². The molecule has 0 aliphatic heterocycles. The van der Waals surface area contributed by atoms with Crippen LogP contribution in [0.4, 0.5) is 0 Å². The molecule has 0 aliphatic rings. The average Bonchev–Trinajstić information content (AvgIpc) is 3.04. The lowest BCUT2D eigenvalue weighted by atomic mass is 10.1. The molecule has 0 aliphatic carbocycles. The van der Waals surface area contributed by atoms with E-state index in [0.717, 1.165) is 16.1 Å². The topological polar surface area (TPSA) is 76.7 Å². The summed E-state index contributed by atoms with van der Waals surface area (Å²) in [6.45, 7) is 3.67. The monoisotopic (exact) mass is 317 g/mol. The number of aliphatic hydroxyl groups is 1. The molecule has 0 unspecified atom stereocenters. The molecule has 3 rings (SSSR count). The summed E-state index contributed by atoms with van der Waals surface area (Å²) in [5.41, 5.74) is 2.60. The van der Waals surface area contributed by atoms with Crippen LogP contribution in [0.1, 0.15) is 28.7 Å². The number of aliphatic hydroxyl groups excluding tert-OH is 1. The first-order valence-electron chi connectivity index (χ1n) is 6.87. The van der Waals surface area contributed by atoms with Gasteiger partial charge in [-0.25, -0.2) is 14.3 Å². The minimum absolute atomic E-state index is 0.124. The second kappa shape index (κ2) is 5.86. The Labute approximate surface area is 131 Å². The molecule has 6 nitrogen and oxygen atoms in total. The standard InChI is InChI=1S/C15H15N3O3S/c1-3-21-14(20)12-11(8-19)18-15(16-12)22-13(17-18)10-6-4-5-9(2)7-10/h4-7,19H,3,8H2,1-2H3. The maximum atomic E-state index is 11.9. The van der Waals surface area contributed by atoms with Crippen LogP contribution in [0.5, 0.6) is 0 Å². The first-order valence-corrected chi connectivity index (χ1v) is 7.69. The lowest BCUT2D eigenvalue weighted by Gasteiger charge is -2.00. The number of fused-ring (bicyclic) bond motifs is 1. The molecule has 7 heteroatoms. The molecule has 0 spiro atoms. The Morgan fingerprint density at radius 3 is 2.95 bits per heavy atom. The Balaban J connectivity index is 2.08. The molecule has 0 amide bonds. The fraction of sp³-hybridized carbons (Fsp3) is 0.267. The number of aromatic nitrogens is 3. The minimum Gasteiger partial charge on any atom is -0.461 e. The van der Waals surface area contributed by atoms with Gasteiger partial charge in [-0.2, -0.15) is 5.10 Å². The Morgan fingerprint density at radius 1 is 1.45 bits per heavy atom. The van der Waals surface area contributed by atoms with Crippen LogP contribution in [0.3, 0.4) is 0 Å². The second-order valence-corrected chi connectivity index (χ2v) is 5.71. The Hall–Kier alpha value is -2.25. The summed E-state index contributed by atoms with van der Waals surface area (Å²) in [7, 11) is 0. The van der Waals surface area contributed by atoms with Crippen LogP contribution < -0.4 is 0 Å².